The maximum Gasteiger partial charge on any atom is 0.303 e. The molecule has 1 saturated heterocycles. The molecule has 0 aliphatic carbocycles. The predicted molar refractivity (Wildman–Crippen MR) is 106 cm³/mol. The molecule has 146 valence electrons. The molecule has 0 unspecified atom stereocenters. The fourth-order valence-corrected chi connectivity index (χ4v) is 3.63. The molecule has 0 bridgehead atoms. The Bertz CT molecular complexity index is 538. The van der Waals surface area contributed by atoms with Gasteiger partial charge in [-0.1, -0.05) is 26.0 Å². The monoisotopic (exact) mass is 381 g/mol. The van der Waals surface area contributed by atoms with Gasteiger partial charge < -0.3 is 15.1 Å². The summed E-state index contributed by atoms with van der Waals surface area (Å²) in [4.78, 5) is 24.4. The molecule has 0 aromatic heterocycles. The van der Waals surface area contributed by atoms with Crippen LogP contribution in [0.5, 0.6) is 0 Å². The van der Waals surface area contributed by atoms with Gasteiger partial charge in [0.1, 0.15) is 0 Å². The number of nitrogens with zero attached hydrogens (tertiary/aromatic N) is 1. The number of carbonyl (C=O) groups is 2. The number of hydrogen-bond donors (Lipinski definition) is 2. The molecule has 0 saturated carbocycles. The maximum atomic E-state index is 12.1. The minimum Gasteiger partial charge on any atom is -0.481 e. The van der Waals surface area contributed by atoms with E-state index in [1.54, 1.807) is 17.8 Å². The lowest BCUT2D eigenvalue weighted by Crippen LogP contribution is -2.34. The number of carbonyl (C=O) groups excluding carboxylic acids is 1. The first-order valence-corrected chi connectivity index (χ1v) is 10.5. The number of hydrogen-bond acceptors (Lipinski definition) is 4. The smallest absolute Gasteiger partial charge is 0.303 e. The van der Waals surface area contributed by atoms with E-state index in [1.807, 2.05) is 24.8 Å². The quantitative estimate of drug-likeness (QED) is 0.327. The van der Waals surface area contributed by atoms with Crippen LogP contribution >= 0.6 is 11.8 Å². The lowest BCUT2D eigenvalue weighted by Gasteiger charge is -2.23. The van der Waals surface area contributed by atoms with E-state index in [0.717, 1.165) is 24.3 Å². The standard InChI is InChI=1S/C20H31NO4S/c1-3-4-5-7-16(2)18(22)11-9-17-10-12-19(23)21(17)13-15-26-14-6-8-20(24)25/h9,11,16-18,22H,3,6-8,10,12-15H2,1-2H3,(H,24,25)/b11-9+/t16-,17-,18+/m0/s1. The van der Waals surface area contributed by atoms with Gasteiger partial charge in [-0.2, -0.15) is 11.8 Å². The first-order chi connectivity index (χ1) is 12.5. The topological polar surface area (TPSA) is 77.8 Å². The molecule has 0 aromatic rings. The van der Waals surface area contributed by atoms with Gasteiger partial charge in [-0.3, -0.25) is 9.59 Å². The van der Waals surface area contributed by atoms with Crippen molar-refractivity contribution >= 4 is 23.6 Å². The van der Waals surface area contributed by atoms with Crippen LogP contribution in [0.2, 0.25) is 0 Å². The summed E-state index contributed by atoms with van der Waals surface area (Å²) in [6.45, 7) is 4.65. The highest BCUT2D eigenvalue weighted by atomic mass is 32.2. The van der Waals surface area contributed by atoms with Gasteiger partial charge in [0.15, 0.2) is 0 Å². The van der Waals surface area contributed by atoms with Crippen molar-refractivity contribution in [2.24, 2.45) is 5.92 Å². The molecule has 0 radical (unpaired) electrons. The van der Waals surface area contributed by atoms with E-state index in [9.17, 15) is 14.7 Å². The van der Waals surface area contributed by atoms with Gasteiger partial charge >= 0.3 is 5.97 Å². The van der Waals surface area contributed by atoms with Crippen molar-refractivity contribution < 1.29 is 19.8 Å². The Morgan fingerprint density at radius 1 is 1.42 bits per heavy atom. The van der Waals surface area contributed by atoms with Crippen molar-refractivity contribution in [2.45, 2.75) is 64.5 Å². The maximum absolute atomic E-state index is 12.1. The second kappa shape index (κ2) is 12.8. The third-order valence-corrected chi connectivity index (χ3v) is 5.42. The Hall–Kier alpha value is -1.45. The van der Waals surface area contributed by atoms with Gasteiger partial charge in [0.05, 0.1) is 12.1 Å². The molecule has 1 aliphatic heterocycles. The Labute approximate surface area is 161 Å². The van der Waals surface area contributed by atoms with Crippen LogP contribution in [-0.4, -0.2) is 57.2 Å². The number of carboxylic acid groups (broad SMARTS) is 1. The summed E-state index contributed by atoms with van der Waals surface area (Å²) < 4.78 is 0. The van der Waals surface area contributed by atoms with E-state index in [1.165, 1.54) is 0 Å². The van der Waals surface area contributed by atoms with Crippen LogP contribution in [0, 0.1) is 17.8 Å². The van der Waals surface area contributed by atoms with Crippen LogP contribution in [0.4, 0.5) is 0 Å². The molecule has 1 heterocycles. The van der Waals surface area contributed by atoms with Gasteiger partial charge in [-0.15, -0.1) is 11.8 Å². The van der Waals surface area contributed by atoms with E-state index < -0.39 is 12.1 Å². The number of aliphatic hydroxyl groups is 1. The SMILES string of the molecule is CCC#CC[C@H](C)[C@H](O)/C=C/[C@H]1CCC(=O)N1CCSCCCC(=O)O. The molecule has 26 heavy (non-hydrogen) atoms. The van der Waals surface area contributed by atoms with E-state index >= 15 is 0 Å². The zero-order valence-electron chi connectivity index (χ0n) is 15.8. The van der Waals surface area contributed by atoms with E-state index in [4.69, 9.17) is 5.11 Å². The number of aliphatic hydroxyl groups excluding tert-OH is 1. The van der Waals surface area contributed by atoms with Gasteiger partial charge in [-0.25, -0.2) is 0 Å². The van der Waals surface area contributed by atoms with Crippen molar-refractivity contribution in [1.82, 2.24) is 4.90 Å². The number of rotatable bonds is 11. The highest BCUT2D eigenvalue weighted by molar-refractivity contribution is 7.99. The lowest BCUT2D eigenvalue weighted by atomic mass is 10.00. The lowest BCUT2D eigenvalue weighted by molar-refractivity contribution is -0.137. The van der Waals surface area contributed by atoms with Crippen LogP contribution in [-0.2, 0) is 9.59 Å². The molecule has 1 fully saturated rings. The Morgan fingerprint density at radius 2 is 2.19 bits per heavy atom. The number of carboxylic acids is 1. The van der Waals surface area contributed by atoms with Crippen LogP contribution in [0.25, 0.3) is 0 Å². The van der Waals surface area contributed by atoms with Crippen molar-refractivity contribution in [2.75, 3.05) is 18.1 Å². The molecule has 1 rings (SSSR count). The van der Waals surface area contributed by atoms with Crippen LogP contribution < -0.4 is 0 Å². The van der Waals surface area contributed by atoms with Crippen LogP contribution in [0.1, 0.15) is 52.4 Å². The first kappa shape index (κ1) is 22.6. The summed E-state index contributed by atoms with van der Waals surface area (Å²) in [6, 6.07) is 0.0469. The second-order valence-corrected chi connectivity index (χ2v) is 7.79. The van der Waals surface area contributed by atoms with Crippen LogP contribution in [0.3, 0.4) is 0 Å². The van der Waals surface area contributed by atoms with Crippen molar-refractivity contribution in [3.05, 3.63) is 12.2 Å². The zero-order valence-corrected chi connectivity index (χ0v) is 16.6. The van der Waals surface area contributed by atoms with Gasteiger partial charge in [0.25, 0.3) is 0 Å². The third-order valence-electron chi connectivity index (χ3n) is 4.37. The molecule has 3 atom stereocenters. The molecule has 0 spiro atoms. The Balaban J connectivity index is 2.39. The van der Waals surface area contributed by atoms with Crippen LogP contribution in [0.15, 0.2) is 12.2 Å². The molecule has 5 nitrogen and oxygen atoms in total. The minimum atomic E-state index is -0.765. The molecule has 0 aromatic carbocycles. The number of likely N-dealkylation sites (tertiary alicyclic amines) is 1. The first-order valence-electron chi connectivity index (χ1n) is 9.36. The largest absolute Gasteiger partial charge is 0.481 e. The normalized spacial score (nSPS) is 19.4. The second-order valence-electron chi connectivity index (χ2n) is 6.57. The highest BCUT2D eigenvalue weighted by Crippen LogP contribution is 2.21. The number of aliphatic carboxylic acids is 1. The summed E-state index contributed by atoms with van der Waals surface area (Å²) in [5.41, 5.74) is 0. The highest BCUT2D eigenvalue weighted by Gasteiger charge is 2.28. The Kier molecular flexibility index (Phi) is 11.1. The molecule has 6 heteroatoms. The van der Waals surface area contributed by atoms with Crippen molar-refractivity contribution in [3.8, 4) is 11.8 Å². The number of thioether (sulfide) groups is 1. The molecule has 1 aliphatic rings. The van der Waals surface area contributed by atoms with Gasteiger partial charge in [-0.05, 0) is 24.5 Å². The Morgan fingerprint density at radius 3 is 2.88 bits per heavy atom. The number of amides is 1. The van der Waals surface area contributed by atoms with Gasteiger partial charge in [0, 0.05) is 38.0 Å². The minimum absolute atomic E-state index is 0.0469. The average Bonchev–Trinajstić information content (AvgIpc) is 2.95. The molecule has 1 amide bonds. The summed E-state index contributed by atoms with van der Waals surface area (Å²) >= 11 is 1.68. The van der Waals surface area contributed by atoms with E-state index in [-0.39, 0.29) is 24.3 Å². The van der Waals surface area contributed by atoms with E-state index in [0.29, 0.717) is 25.8 Å². The summed E-state index contributed by atoms with van der Waals surface area (Å²) in [6.07, 6.45) is 6.88. The van der Waals surface area contributed by atoms with Crippen molar-refractivity contribution in [3.63, 3.8) is 0 Å². The fraction of sp³-hybridized carbons (Fsp3) is 0.700. The molecular weight excluding hydrogens is 350 g/mol. The summed E-state index contributed by atoms with van der Waals surface area (Å²) in [7, 11) is 0. The summed E-state index contributed by atoms with van der Waals surface area (Å²) in [5, 5.41) is 18.9. The molecule has 2 N–H and O–H groups in total. The van der Waals surface area contributed by atoms with Gasteiger partial charge in [0.2, 0.25) is 5.91 Å². The van der Waals surface area contributed by atoms with E-state index in [2.05, 4.69) is 11.8 Å². The third kappa shape index (κ3) is 8.77. The summed E-state index contributed by atoms with van der Waals surface area (Å²) in [5.74, 6) is 7.14. The van der Waals surface area contributed by atoms with Crippen molar-refractivity contribution in [1.29, 1.82) is 0 Å². The predicted octanol–water partition coefficient (Wildman–Crippen LogP) is 2.93. The average molecular weight is 382 g/mol. The molecular formula is C20H31NO4S. The fourth-order valence-electron chi connectivity index (χ4n) is 2.75. The zero-order chi connectivity index (χ0) is 19.4.